The second-order valence-electron chi connectivity index (χ2n) is 5.63. The minimum Gasteiger partial charge on any atom is -0.481 e. The predicted molar refractivity (Wildman–Crippen MR) is 72.8 cm³/mol. The molecule has 1 aliphatic carbocycles. The average Bonchev–Trinajstić information content (AvgIpc) is 2.80. The zero-order valence-corrected chi connectivity index (χ0v) is 11.5. The van der Waals surface area contributed by atoms with Crippen molar-refractivity contribution in [3.05, 3.63) is 29.8 Å². The summed E-state index contributed by atoms with van der Waals surface area (Å²) in [7, 11) is 0. The van der Waals surface area contributed by atoms with Crippen molar-refractivity contribution < 1.29 is 23.5 Å². The maximum atomic E-state index is 13.5. The van der Waals surface area contributed by atoms with Crippen molar-refractivity contribution in [1.29, 1.82) is 0 Å². The van der Waals surface area contributed by atoms with Crippen molar-refractivity contribution in [3.63, 3.8) is 0 Å². The van der Waals surface area contributed by atoms with E-state index in [4.69, 9.17) is 5.11 Å². The van der Waals surface area contributed by atoms with Crippen LogP contribution in [0.2, 0.25) is 0 Å². The number of carbonyl (C=O) groups excluding carboxylic acids is 1. The van der Waals surface area contributed by atoms with Gasteiger partial charge in [-0.3, -0.25) is 9.59 Å². The molecular weight excluding hydrogens is 280 g/mol. The van der Waals surface area contributed by atoms with Crippen LogP contribution in [0.25, 0.3) is 0 Å². The van der Waals surface area contributed by atoms with E-state index in [0.717, 1.165) is 25.0 Å². The molecule has 1 aromatic carbocycles. The Morgan fingerprint density at radius 1 is 1.19 bits per heavy atom. The molecule has 2 rings (SSSR count). The van der Waals surface area contributed by atoms with E-state index in [0.29, 0.717) is 18.9 Å². The Hall–Kier alpha value is -1.98. The van der Waals surface area contributed by atoms with Crippen LogP contribution >= 0.6 is 0 Å². The summed E-state index contributed by atoms with van der Waals surface area (Å²) in [5.74, 6) is -2.94. The summed E-state index contributed by atoms with van der Waals surface area (Å²) in [5, 5.41) is 11.4. The summed E-state index contributed by atoms with van der Waals surface area (Å²) >= 11 is 0. The first-order chi connectivity index (χ1) is 9.90. The van der Waals surface area contributed by atoms with E-state index in [-0.39, 0.29) is 18.5 Å². The highest BCUT2D eigenvalue weighted by atomic mass is 19.1. The number of hydrogen-bond donors (Lipinski definition) is 2. The normalized spacial score (nSPS) is 16.7. The van der Waals surface area contributed by atoms with Gasteiger partial charge in [0, 0.05) is 12.5 Å². The van der Waals surface area contributed by atoms with Gasteiger partial charge in [-0.15, -0.1) is 0 Å². The van der Waals surface area contributed by atoms with Gasteiger partial charge in [-0.1, -0.05) is 12.8 Å². The van der Waals surface area contributed by atoms with Crippen LogP contribution in [-0.4, -0.2) is 17.0 Å². The molecule has 1 aliphatic rings. The lowest BCUT2D eigenvalue weighted by atomic mass is 9.79. The van der Waals surface area contributed by atoms with Gasteiger partial charge in [0.2, 0.25) is 5.91 Å². The topological polar surface area (TPSA) is 66.4 Å². The molecule has 6 heteroatoms. The summed E-state index contributed by atoms with van der Waals surface area (Å²) in [6, 6.07) is 2.90. The highest BCUT2D eigenvalue weighted by molar-refractivity contribution is 5.91. The molecule has 0 atom stereocenters. The number of rotatable bonds is 5. The highest BCUT2D eigenvalue weighted by Gasteiger charge is 2.38. The van der Waals surface area contributed by atoms with Crippen LogP contribution < -0.4 is 5.32 Å². The third-order valence-electron chi connectivity index (χ3n) is 3.93. The van der Waals surface area contributed by atoms with Gasteiger partial charge in [0.15, 0.2) is 0 Å². The maximum absolute atomic E-state index is 13.5. The molecule has 2 N–H and O–H groups in total. The zero-order chi connectivity index (χ0) is 15.5. The van der Waals surface area contributed by atoms with E-state index >= 15 is 0 Å². The van der Waals surface area contributed by atoms with Gasteiger partial charge < -0.3 is 10.4 Å². The van der Waals surface area contributed by atoms with Gasteiger partial charge in [-0.25, -0.2) is 8.78 Å². The fourth-order valence-electron chi connectivity index (χ4n) is 2.99. The summed E-state index contributed by atoms with van der Waals surface area (Å²) in [5.41, 5.74) is -0.642. The molecule has 21 heavy (non-hydrogen) atoms. The first-order valence-corrected chi connectivity index (χ1v) is 6.87. The number of hydrogen-bond acceptors (Lipinski definition) is 2. The zero-order valence-electron chi connectivity index (χ0n) is 11.5. The largest absolute Gasteiger partial charge is 0.481 e. The van der Waals surface area contributed by atoms with Crippen LogP contribution in [0.5, 0.6) is 0 Å². The van der Waals surface area contributed by atoms with Gasteiger partial charge in [-0.2, -0.15) is 0 Å². The third-order valence-corrected chi connectivity index (χ3v) is 3.93. The van der Waals surface area contributed by atoms with E-state index in [1.807, 2.05) is 0 Å². The molecule has 0 unspecified atom stereocenters. The second kappa shape index (κ2) is 6.20. The lowest BCUT2D eigenvalue weighted by Crippen LogP contribution is -2.28. The summed E-state index contributed by atoms with van der Waals surface area (Å²) < 4.78 is 26.3. The SMILES string of the molecule is O=C(O)CC1(CC(=O)Nc2ccc(F)cc2F)CCCC1. The van der Waals surface area contributed by atoms with Crippen LogP contribution in [0.15, 0.2) is 18.2 Å². The first kappa shape index (κ1) is 15.4. The Kier molecular flexibility index (Phi) is 4.55. The quantitative estimate of drug-likeness (QED) is 0.876. The number of aliphatic carboxylic acids is 1. The number of amides is 1. The lowest BCUT2D eigenvalue weighted by Gasteiger charge is -2.26. The minimum atomic E-state index is -0.933. The van der Waals surface area contributed by atoms with Gasteiger partial charge in [0.1, 0.15) is 11.6 Å². The van der Waals surface area contributed by atoms with Gasteiger partial charge in [-0.05, 0) is 30.4 Å². The summed E-state index contributed by atoms with van der Waals surface area (Å²) in [4.78, 5) is 23.0. The number of anilines is 1. The molecule has 0 heterocycles. The molecule has 0 radical (unpaired) electrons. The Labute approximate surface area is 121 Å². The van der Waals surface area contributed by atoms with Crippen molar-refractivity contribution in [2.75, 3.05) is 5.32 Å². The van der Waals surface area contributed by atoms with Crippen molar-refractivity contribution in [1.82, 2.24) is 0 Å². The van der Waals surface area contributed by atoms with Gasteiger partial charge >= 0.3 is 5.97 Å². The van der Waals surface area contributed by atoms with Crippen LogP contribution in [0.1, 0.15) is 38.5 Å². The molecule has 0 aromatic heterocycles. The molecule has 0 bridgehead atoms. The monoisotopic (exact) mass is 297 g/mol. The molecule has 1 amide bonds. The second-order valence-corrected chi connectivity index (χ2v) is 5.63. The third kappa shape index (κ3) is 4.00. The van der Waals surface area contributed by atoms with Crippen LogP contribution in [0, 0.1) is 17.0 Å². The Morgan fingerprint density at radius 3 is 2.43 bits per heavy atom. The van der Waals surface area contributed by atoms with E-state index in [2.05, 4.69) is 5.32 Å². The van der Waals surface area contributed by atoms with Crippen LogP contribution in [-0.2, 0) is 9.59 Å². The number of benzene rings is 1. The van der Waals surface area contributed by atoms with Crippen LogP contribution in [0.4, 0.5) is 14.5 Å². The fourth-order valence-corrected chi connectivity index (χ4v) is 2.99. The van der Waals surface area contributed by atoms with Crippen molar-refractivity contribution in [3.8, 4) is 0 Å². The maximum Gasteiger partial charge on any atom is 0.303 e. The Bertz CT molecular complexity index is 554. The molecular formula is C15H17F2NO3. The predicted octanol–water partition coefficient (Wildman–Crippen LogP) is 3.33. The summed E-state index contributed by atoms with van der Waals surface area (Å²) in [6.45, 7) is 0. The highest BCUT2D eigenvalue weighted by Crippen LogP contribution is 2.44. The molecule has 0 aliphatic heterocycles. The molecule has 1 saturated carbocycles. The Morgan fingerprint density at radius 2 is 1.86 bits per heavy atom. The molecule has 114 valence electrons. The van der Waals surface area contributed by atoms with E-state index in [9.17, 15) is 18.4 Å². The smallest absolute Gasteiger partial charge is 0.303 e. The van der Waals surface area contributed by atoms with Gasteiger partial charge in [0.25, 0.3) is 0 Å². The molecule has 1 fully saturated rings. The molecule has 0 spiro atoms. The van der Waals surface area contributed by atoms with E-state index in [1.54, 1.807) is 0 Å². The average molecular weight is 297 g/mol. The lowest BCUT2D eigenvalue weighted by molar-refractivity contribution is -0.140. The van der Waals surface area contributed by atoms with E-state index < -0.39 is 28.9 Å². The Balaban J connectivity index is 2.04. The fraction of sp³-hybridized carbons (Fsp3) is 0.467. The minimum absolute atomic E-state index is 0.0378. The number of nitrogens with one attached hydrogen (secondary N) is 1. The van der Waals surface area contributed by atoms with Crippen molar-refractivity contribution >= 4 is 17.6 Å². The van der Waals surface area contributed by atoms with Crippen molar-refractivity contribution in [2.24, 2.45) is 5.41 Å². The van der Waals surface area contributed by atoms with Crippen molar-refractivity contribution in [2.45, 2.75) is 38.5 Å². The number of halogens is 2. The van der Waals surface area contributed by atoms with Crippen LogP contribution in [0.3, 0.4) is 0 Å². The van der Waals surface area contributed by atoms with Gasteiger partial charge in [0.05, 0.1) is 12.1 Å². The first-order valence-electron chi connectivity index (χ1n) is 6.87. The number of carboxylic acid groups (broad SMARTS) is 1. The van der Waals surface area contributed by atoms with E-state index in [1.165, 1.54) is 0 Å². The standard InChI is InChI=1S/C15H17F2NO3/c16-10-3-4-12(11(17)7-10)18-13(19)8-15(9-14(20)21)5-1-2-6-15/h3-4,7H,1-2,5-6,8-9H2,(H,18,19)(H,20,21). The molecule has 1 aromatic rings. The molecule has 4 nitrogen and oxygen atoms in total. The summed E-state index contributed by atoms with van der Waals surface area (Å²) in [6.07, 6.45) is 3.12. The number of carbonyl (C=O) groups is 2. The molecule has 0 saturated heterocycles. The number of carboxylic acids is 1.